The first-order chi connectivity index (χ1) is 10.1. The topological polar surface area (TPSA) is 87.2 Å². The Morgan fingerprint density at radius 1 is 1.48 bits per heavy atom. The van der Waals surface area contributed by atoms with Gasteiger partial charge in [-0.2, -0.15) is 5.10 Å². The molecule has 1 aliphatic rings. The van der Waals surface area contributed by atoms with Crippen LogP contribution in [-0.2, 0) is 4.79 Å². The van der Waals surface area contributed by atoms with Gasteiger partial charge >= 0.3 is 0 Å². The molecule has 1 atom stereocenters. The molecule has 1 amide bonds. The molecule has 1 aliphatic heterocycles. The number of aromatic hydroxyl groups is 1. The predicted molar refractivity (Wildman–Crippen MR) is 80.9 cm³/mol. The Labute approximate surface area is 125 Å². The van der Waals surface area contributed by atoms with E-state index in [0.29, 0.717) is 17.3 Å². The molecule has 21 heavy (non-hydrogen) atoms. The van der Waals surface area contributed by atoms with Crippen LogP contribution in [0.5, 0.6) is 11.5 Å². The van der Waals surface area contributed by atoms with Gasteiger partial charge in [0.15, 0.2) is 17.3 Å². The summed E-state index contributed by atoms with van der Waals surface area (Å²) in [6, 6.07) is 5.28. The summed E-state index contributed by atoms with van der Waals surface area (Å²) in [6.45, 7) is 1.92. The van der Waals surface area contributed by atoms with Gasteiger partial charge in [0.25, 0.3) is 0 Å². The van der Waals surface area contributed by atoms with E-state index in [1.54, 1.807) is 12.1 Å². The molecule has 6 nitrogen and oxygen atoms in total. The molecule has 0 spiro atoms. The molecule has 0 radical (unpaired) electrons. The third kappa shape index (κ3) is 2.44. The van der Waals surface area contributed by atoms with Crippen molar-refractivity contribution in [2.24, 2.45) is 0 Å². The molecule has 7 heteroatoms. The Kier molecular flexibility index (Phi) is 3.50. The number of thioether (sulfide) groups is 1. The summed E-state index contributed by atoms with van der Waals surface area (Å²) in [6.07, 6.45) is 0. The molecular weight excluding hydrogens is 290 g/mol. The van der Waals surface area contributed by atoms with Crippen LogP contribution in [0.25, 0.3) is 0 Å². The molecule has 0 unspecified atom stereocenters. The standard InChI is InChI=1S/C14H15N3O3S/c1-7-12-13(8-3-4-10(20-2)9(18)5-8)21-6-11(19)15-14(12)17-16-7/h3-5,13,18H,6H2,1-2H3,(H2,15,16,17,19)/t13-/m0/s1. The summed E-state index contributed by atoms with van der Waals surface area (Å²) in [4.78, 5) is 11.7. The van der Waals surface area contributed by atoms with Gasteiger partial charge in [0, 0.05) is 11.3 Å². The zero-order valence-electron chi connectivity index (χ0n) is 11.6. The molecule has 0 saturated heterocycles. The number of aromatic amines is 1. The molecule has 1 aromatic carbocycles. The number of rotatable bonds is 2. The summed E-state index contributed by atoms with van der Waals surface area (Å²) in [5.41, 5.74) is 2.75. The van der Waals surface area contributed by atoms with Crippen LogP contribution in [0.3, 0.4) is 0 Å². The Hall–Kier alpha value is -2.15. The first-order valence-electron chi connectivity index (χ1n) is 6.43. The number of methoxy groups -OCH3 is 1. The van der Waals surface area contributed by atoms with Gasteiger partial charge in [-0.05, 0) is 24.6 Å². The molecule has 0 saturated carbocycles. The van der Waals surface area contributed by atoms with Gasteiger partial charge in [0.1, 0.15) is 0 Å². The number of nitrogens with one attached hydrogen (secondary N) is 2. The largest absolute Gasteiger partial charge is 0.504 e. The van der Waals surface area contributed by atoms with E-state index in [-0.39, 0.29) is 16.9 Å². The zero-order valence-corrected chi connectivity index (χ0v) is 12.5. The minimum absolute atomic E-state index is 0.0745. The molecule has 1 aromatic heterocycles. The minimum atomic E-state index is -0.0759. The molecule has 110 valence electrons. The molecular formula is C14H15N3O3S. The van der Waals surface area contributed by atoms with Gasteiger partial charge in [-0.3, -0.25) is 9.89 Å². The SMILES string of the molecule is COc1ccc([C@@H]2SCC(=O)Nc3n[nH]c(C)c32)cc1O. The number of anilines is 1. The third-order valence-electron chi connectivity index (χ3n) is 3.40. The number of carbonyl (C=O) groups is 1. The number of hydrogen-bond donors (Lipinski definition) is 3. The van der Waals surface area contributed by atoms with E-state index in [4.69, 9.17) is 4.74 Å². The normalized spacial score (nSPS) is 17.8. The molecule has 0 fully saturated rings. The van der Waals surface area contributed by atoms with Crippen molar-refractivity contribution >= 4 is 23.5 Å². The van der Waals surface area contributed by atoms with E-state index in [1.807, 2.05) is 13.0 Å². The van der Waals surface area contributed by atoms with Crippen LogP contribution in [0.2, 0.25) is 0 Å². The summed E-state index contributed by atoms with van der Waals surface area (Å²) in [7, 11) is 1.51. The average molecular weight is 305 g/mol. The average Bonchev–Trinajstić information content (AvgIpc) is 2.72. The van der Waals surface area contributed by atoms with Crippen molar-refractivity contribution in [3.63, 3.8) is 0 Å². The van der Waals surface area contributed by atoms with E-state index in [9.17, 15) is 9.90 Å². The van der Waals surface area contributed by atoms with Crippen LogP contribution in [0.4, 0.5) is 5.82 Å². The minimum Gasteiger partial charge on any atom is -0.504 e. The van der Waals surface area contributed by atoms with Gasteiger partial charge in [-0.1, -0.05) is 6.07 Å². The van der Waals surface area contributed by atoms with Crippen molar-refractivity contribution in [2.75, 3.05) is 18.2 Å². The maximum atomic E-state index is 11.7. The van der Waals surface area contributed by atoms with E-state index in [2.05, 4.69) is 15.5 Å². The van der Waals surface area contributed by atoms with Crippen molar-refractivity contribution in [1.82, 2.24) is 10.2 Å². The van der Waals surface area contributed by atoms with Gasteiger partial charge in [0.05, 0.1) is 18.1 Å². The number of phenolic OH excluding ortho intramolecular Hbond substituents is 1. The van der Waals surface area contributed by atoms with Crippen molar-refractivity contribution < 1.29 is 14.6 Å². The van der Waals surface area contributed by atoms with Crippen molar-refractivity contribution in [2.45, 2.75) is 12.2 Å². The fraction of sp³-hybridized carbons (Fsp3) is 0.286. The quantitative estimate of drug-likeness (QED) is 0.792. The molecule has 3 rings (SSSR count). The first-order valence-corrected chi connectivity index (χ1v) is 7.48. The number of ether oxygens (including phenoxy) is 1. The van der Waals surface area contributed by atoms with Gasteiger partial charge in [-0.25, -0.2) is 0 Å². The Balaban J connectivity index is 2.07. The summed E-state index contributed by atoms with van der Waals surface area (Å²) in [5.74, 6) is 1.33. The highest BCUT2D eigenvalue weighted by atomic mass is 32.2. The van der Waals surface area contributed by atoms with Crippen LogP contribution in [0.15, 0.2) is 18.2 Å². The fourth-order valence-electron chi connectivity index (χ4n) is 2.40. The number of aromatic nitrogens is 2. The lowest BCUT2D eigenvalue weighted by Crippen LogP contribution is -2.12. The predicted octanol–water partition coefficient (Wildman–Crippen LogP) is 2.21. The number of aryl methyl sites for hydroxylation is 1. The molecule has 0 bridgehead atoms. The Bertz CT molecular complexity index is 699. The Morgan fingerprint density at radius 3 is 3.00 bits per heavy atom. The highest BCUT2D eigenvalue weighted by Gasteiger charge is 2.28. The van der Waals surface area contributed by atoms with Crippen LogP contribution in [0, 0.1) is 6.92 Å². The van der Waals surface area contributed by atoms with E-state index >= 15 is 0 Å². The number of amides is 1. The zero-order chi connectivity index (χ0) is 15.0. The number of fused-ring (bicyclic) bond motifs is 1. The number of phenols is 1. The molecule has 2 heterocycles. The lowest BCUT2D eigenvalue weighted by molar-refractivity contribution is -0.113. The van der Waals surface area contributed by atoms with Crippen LogP contribution >= 0.6 is 11.8 Å². The number of nitrogens with zero attached hydrogens (tertiary/aromatic N) is 1. The highest BCUT2D eigenvalue weighted by molar-refractivity contribution is 8.00. The lowest BCUT2D eigenvalue weighted by Gasteiger charge is -2.16. The first kappa shape index (κ1) is 13.8. The highest BCUT2D eigenvalue weighted by Crippen LogP contribution is 2.43. The molecule has 2 aromatic rings. The van der Waals surface area contributed by atoms with Gasteiger partial charge in [-0.15, -0.1) is 11.8 Å². The van der Waals surface area contributed by atoms with Crippen LogP contribution in [-0.4, -0.2) is 34.1 Å². The van der Waals surface area contributed by atoms with Crippen LogP contribution in [0.1, 0.15) is 22.1 Å². The van der Waals surface area contributed by atoms with Crippen LogP contribution < -0.4 is 10.1 Å². The number of hydrogen-bond acceptors (Lipinski definition) is 5. The van der Waals surface area contributed by atoms with Gasteiger partial charge in [0.2, 0.25) is 5.91 Å². The number of carbonyl (C=O) groups excluding carboxylic acids is 1. The summed E-state index contributed by atoms with van der Waals surface area (Å²) >= 11 is 1.50. The maximum absolute atomic E-state index is 11.7. The van der Waals surface area contributed by atoms with Crippen molar-refractivity contribution in [3.05, 3.63) is 35.0 Å². The number of benzene rings is 1. The summed E-state index contributed by atoms with van der Waals surface area (Å²) < 4.78 is 5.07. The van der Waals surface area contributed by atoms with Crippen molar-refractivity contribution in [3.8, 4) is 11.5 Å². The summed E-state index contributed by atoms with van der Waals surface area (Å²) in [5, 5.41) is 19.7. The third-order valence-corrected chi connectivity index (χ3v) is 4.67. The van der Waals surface area contributed by atoms with Crippen molar-refractivity contribution in [1.29, 1.82) is 0 Å². The molecule has 0 aliphatic carbocycles. The Morgan fingerprint density at radius 2 is 2.29 bits per heavy atom. The second kappa shape index (κ2) is 5.33. The number of H-pyrrole nitrogens is 1. The van der Waals surface area contributed by atoms with E-state index in [1.165, 1.54) is 18.9 Å². The molecule has 3 N–H and O–H groups in total. The van der Waals surface area contributed by atoms with E-state index < -0.39 is 0 Å². The second-order valence-corrected chi connectivity index (χ2v) is 5.87. The maximum Gasteiger partial charge on any atom is 0.235 e. The van der Waals surface area contributed by atoms with Gasteiger partial charge < -0.3 is 15.2 Å². The van der Waals surface area contributed by atoms with E-state index in [0.717, 1.165) is 16.8 Å². The lowest BCUT2D eigenvalue weighted by atomic mass is 10.0. The fourth-order valence-corrected chi connectivity index (χ4v) is 3.58. The smallest absolute Gasteiger partial charge is 0.235 e. The second-order valence-electron chi connectivity index (χ2n) is 4.78. The monoisotopic (exact) mass is 305 g/mol.